The molecule has 6 aliphatic rings. The van der Waals surface area contributed by atoms with E-state index in [0.29, 0.717) is 12.8 Å². The zero-order valence-electron chi connectivity index (χ0n) is 23.3. The standard InChI is InChI=1S/C30H40N2O6/c1-7-37-26(34)20(14-17(2)3)31-25(33)19-16-28-10-11-30(19,36-6)27-29(28)12-13-32(4)22(28)15-18-8-9-21(35-5)24(38-27)23(18)29/h8-11,17,19-20,22,27H,7,12-16H2,1-6H3,(H,31,33)/t19?,20?,22?,27?,28?,29-,30?/m0/s1. The van der Waals surface area contributed by atoms with Crippen LogP contribution in [0.1, 0.15) is 51.2 Å². The molecule has 206 valence electrons. The Kier molecular flexibility index (Phi) is 5.89. The molecule has 1 amide bonds. The average Bonchev–Trinajstić information content (AvgIpc) is 3.27. The van der Waals surface area contributed by atoms with Crippen LogP contribution in [0.15, 0.2) is 24.3 Å². The number of hydrogen-bond acceptors (Lipinski definition) is 7. The number of piperidine rings is 1. The number of likely N-dealkylation sites (tertiary alicyclic amines) is 1. The Labute approximate surface area is 225 Å². The molecule has 2 fully saturated rings. The number of likely N-dealkylation sites (N-methyl/N-ethyl adjacent to an activating group) is 1. The van der Waals surface area contributed by atoms with Gasteiger partial charge in [0.05, 0.1) is 25.0 Å². The van der Waals surface area contributed by atoms with Gasteiger partial charge in [-0.15, -0.1) is 0 Å². The third kappa shape index (κ3) is 3.04. The Hall–Kier alpha value is -2.58. The number of methoxy groups -OCH3 is 2. The Balaban J connectivity index is 1.46. The van der Waals surface area contributed by atoms with Crippen molar-refractivity contribution >= 4 is 11.9 Å². The fraction of sp³-hybridized carbons (Fsp3) is 0.667. The van der Waals surface area contributed by atoms with Crippen molar-refractivity contribution < 1.29 is 28.5 Å². The van der Waals surface area contributed by atoms with Crippen molar-refractivity contribution in [1.82, 2.24) is 10.2 Å². The van der Waals surface area contributed by atoms with Gasteiger partial charge in [0.15, 0.2) is 11.5 Å². The van der Waals surface area contributed by atoms with Crippen molar-refractivity contribution in [3.8, 4) is 11.5 Å². The first-order chi connectivity index (χ1) is 18.2. The van der Waals surface area contributed by atoms with Crippen molar-refractivity contribution in [2.45, 2.75) is 75.7 Å². The monoisotopic (exact) mass is 524 g/mol. The molecule has 6 unspecified atom stereocenters. The zero-order valence-corrected chi connectivity index (χ0v) is 23.3. The molecule has 8 heteroatoms. The van der Waals surface area contributed by atoms with Gasteiger partial charge in [-0.3, -0.25) is 4.79 Å². The number of hydrogen-bond donors (Lipinski definition) is 1. The molecule has 0 aromatic heterocycles. The normalized spacial score (nSPS) is 36.4. The SMILES string of the molecule is CCOC(=O)C(CC(C)C)NC(=O)C1CC23C=CC1(OC)C1Oc4c(OC)ccc5c4[C@@]12CCN(C)C3C5. The molecule has 4 aliphatic carbocycles. The van der Waals surface area contributed by atoms with Crippen LogP contribution in [0.25, 0.3) is 0 Å². The minimum absolute atomic E-state index is 0.179. The van der Waals surface area contributed by atoms with E-state index < -0.39 is 17.6 Å². The largest absolute Gasteiger partial charge is 0.493 e. The number of nitrogens with one attached hydrogen (secondary N) is 1. The Morgan fingerprint density at radius 3 is 2.71 bits per heavy atom. The van der Waals surface area contributed by atoms with Gasteiger partial charge in [-0.1, -0.05) is 32.1 Å². The van der Waals surface area contributed by atoms with Crippen LogP contribution in [0.4, 0.5) is 0 Å². The Bertz CT molecular complexity index is 1200. The summed E-state index contributed by atoms with van der Waals surface area (Å²) >= 11 is 0. The first-order valence-corrected chi connectivity index (χ1v) is 14.0. The van der Waals surface area contributed by atoms with E-state index in [2.05, 4.69) is 35.5 Å². The molecule has 1 aromatic carbocycles. The number of carbonyl (C=O) groups is 2. The Morgan fingerprint density at radius 1 is 1.24 bits per heavy atom. The van der Waals surface area contributed by atoms with Crippen LogP contribution in [0.5, 0.6) is 11.5 Å². The van der Waals surface area contributed by atoms with E-state index in [1.807, 2.05) is 19.9 Å². The lowest BCUT2D eigenvalue weighted by Crippen LogP contribution is -2.80. The summed E-state index contributed by atoms with van der Waals surface area (Å²) in [5, 5.41) is 3.08. The van der Waals surface area contributed by atoms with Crippen molar-refractivity contribution in [1.29, 1.82) is 0 Å². The van der Waals surface area contributed by atoms with Gasteiger partial charge in [0.1, 0.15) is 17.7 Å². The molecule has 2 spiro atoms. The van der Waals surface area contributed by atoms with Crippen molar-refractivity contribution in [3.63, 3.8) is 0 Å². The van der Waals surface area contributed by atoms with Gasteiger partial charge in [0, 0.05) is 24.1 Å². The predicted molar refractivity (Wildman–Crippen MR) is 141 cm³/mol. The highest BCUT2D eigenvalue weighted by Crippen LogP contribution is 2.74. The number of fused-ring (bicyclic) bond motifs is 1. The van der Waals surface area contributed by atoms with Crippen LogP contribution in [0, 0.1) is 17.3 Å². The molecule has 1 aromatic rings. The summed E-state index contributed by atoms with van der Waals surface area (Å²) in [5.74, 6) is 0.664. The van der Waals surface area contributed by atoms with Crippen LogP contribution in [-0.4, -0.2) is 75.0 Å². The van der Waals surface area contributed by atoms with Gasteiger partial charge in [0.25, 0.3) is 0 Å². The van der Waals surface area contributed by atoms with E-state index in [9.17, 15) is 9.59 Å². The molecule has 2 aliphatic heterocycles. The minimum Gasteiger partial charge on any atom is -0.493 e. The number of rotatable bonds is 8. The molecule has 0 radical (unpaired) electrons. The van der Waals surface area contributed by atoms with Crippen molar-refractivity contribution in [3.05, 3.63) is 35.4 Å². The maximum Gasteiger partial charge on any atom is 0.328 e. The molecule has 7 atom stereocenters. The fourth-order valence-electron chi connectivity index (χ4n) is 8.70. The number of ether oxygens (including phenoxy) is 4. The lowest BCUT2D eigenvalue weighted by atomic mass is 9.37. The molecule has 4 bridgehead atoms. The van der Waals surface area contributed by atoms with E-state index in [1.165, 1.54) is 11.1 Å². The van der Waals surface area contributed by atoms with Crippen LogP contribution in [0.3, 0.4) is 0 Å². The summed E-state index contributed by atoms with van der Waals surface area (Å²) in [4.78, 5) is 29.4. The zero-order chi connectivity index (χ0) is 27.0. The van der Waals surface area contributed by atoms with E-state index >= 15 is 0 Å². The lowest BCUT2D eigenvalue weighted by Gasteiger charge is -2.70. The molecule has 1 saturated heterocycles. The van der Waals surface area contributed by atoms with Crippen molar-refractivity contribution in [2.24, 2.45) is 17.3 Å². The van der Waals surface area contributed by atoms with Gasteiger partial charge in [-0.05, 0) is 63.7 Å². The summed E-state index contributed by atoms with van der Waals surface area (Å²) in [6.07, 6.45) is 7.02. The maximum atomic E-state index is 14.2. The second kappa shape index (κ2) is 8.71. The first-order valence-electron chi connectivity index (χ1n) is 14.0. The summed E-state index contributed by atoms with van der Waals surface area (Å²) in [5.41, 5.74) is 0.983. The molecule has 7 rings (SSSR count). The highest BCUT2D eigenvalue weighted by molar-refractivity contribution is 5.88. The van der Waals surface area contributed by atoms with E-state index in [0.717, 1.165) is 30.9 Å². The third-order valence-corrected chi connectivity index (χ3v) is 10.2. The molecule has 1 N–H and O–H groups in total. The maximum absolute atomic E-state index is 14.2. The van der Waals surface area contributed by atoms with Gasteiger partial charge in [0.2, 0.25) is 5.91 Å². The molecule has 38 heavy (non-hydrogen) atoms. The number of carbonyl (C=O) groups excluding carboxylic acids is 2. The molecule has 2 heterocycles. The average molecular weight is 525 g/mol. The number of amides is 1. The quantitative estimate of drug-likeness (QED) is 0.413. The second-order valence-corrected chi connectivity index (χ2v) is 12.2. The van der Waals surface area contributed by atoms with Crippen LogP contribution < -0.4 is 14.8 Å². The van der Waals surface area contributed by atoms with Crippen molar-refractivity contribution in [2.75, 3.05) is 34.4 Å². The summed E-state index contributed by atoms with van der Waals surface area (Å²) < 4.78 is 24.4. The molecule has 8 nitrogen and oxygen atoms in total. The van der Waals surface area contributed by atoms with E-state index in [1.54, 1.807) is 21.1 Å². The third-order valence-electron chi connectivity index (χ3n) is 10.2. The minimum atomic E-state index is -0.970. The highest BCUT2D eigenvalue weighted by atomic mass is 16.6. The van der Waals surface area contributed by atoms with Crippen LogP contribution in [-0.2, 0) is 30.9 Å². The summed E-state index contributed by atoms with van der Waals surface area (Å²) in [6.45, 7) is 7.08. The van der Waals surface area contributed by atoms with E-state index in [-0.39, 0.29) is 47.4 Å². The Morgan fingerprint density at radius 2 is 2.03 bits per heavy atom. The van der Waals surface area contributed by atoms with E-state index in [4.69, 9.17) is 18.9 Å². The van der Waals surface area contributed by atoms with Gasteiger partial charge in [-0.25, -0.2) is 4.79 Å². The van der Waals surface area contributed by atoms with Crippen LogP contribution in [0.2, 0.25) is 0 Å². The number of esters is 1. The van der Waals surface area contributed by atoms with Crippen LogP contribution >= 0.6 is 0 Å². The fourth-order valence-corrected chi connectivity index (χ4v) is 8.70. The number of benzene rings is 1. The van der Waals surface area contributed by atoms with Gasteiger partial charge < -0.3 is 29.2 Å². The molecular formula is C30H40N2O6. The number of nitrogens with zero attached hydrogens (tertiary/aromatic N) is 1. The first kappa shape index (κ1) is 25.7. The smallest absolute Gasteiger partial charge is 0.328 e. The molecule has 1 saturated carbocycles. The van der Waals surface area contributed by atoms with Gasteiger partial charge in [-0.2, -0.15) is 0 Å². The highest BCUT2D eigenvalue weighted by Gasteiger charge is 2.79. The summed E-state index contributed by atoms with van der Waals surface area (Å²) in [7, 11) is 5.55. The van der Waals surface area contributed by atoms with Gasteiger partial charge >= 0.3 is 5.97 Å². The second-order valence-electron chi connectivity index (χ2n) is 12.2. The lowest BCUT2D eigenvalue weighted by molar-refractivity contribution is -0.214. The topological polar surface area (TPSA) is 86.3 Å². The summed E-state index contributed by atoms with van der Waals surface area (Å²) in [6, 6.07) is 3.72. The predicted octanol–water partition coefficient (Wildman–Crippen LogP) is 3.01. The molecular weight excluding hydrogens is 484 g/mol.